The number of ether oxygens (including phenoxy) is 3. The lowest BCUT2D eigenvalue weighted by atomic mass is 9.50. The molecule has 1 spiro atoms. The molecule has 4 aliphatic rings. The quantitative estimate of drug-likeness (QED) is 0.666. The van der Waals surface area contributed by atoms with Crippen LogP contribution in [0.1, 0.15) is 50.7 Å². The Morgan fingerprint density at radius 1 is 1.38 bits per heavy atom. The molecule has 8 nitrogen and oxygen atoms in total. The number of aromatic hydroxyl groups is 1. The fourth-order valence-corrected chi connectivity index (χ4v) is 6.14. The van der Waals surface area contributed by atoms with Crippen LogP contribution >= 0.6 is 0 Å². The third-order valence-corrected chi connectivity index (χ3v) is 7.67. The van der Waals surface area contributed by atoms with Gasteiger partial charge in [-0.05, 0) is 57.5 Å². The Bertz CT molecular complexity index is 1020. The van der Waals surface area contributed by atoms with Crippen LogP contribution < -0.4 is 4.74 Å². The Morgan fingerprint density at radius 2 is 2.16 bits per heavy atom. The van der Waals surface area contributed by atoms with Crippen molar-refractivity contribution in [2.24, 2.45) is 0 Å². The van der Waals surface area contributed by atoms with E-state index in [1.807, 2.05) is 20.0 Å². The van der Waals surface area contributed by atoms with E-state index in [0.717, 1.165) is 17.7 Å². The summed E-state index contributed by atoms with van der Waals surface area (Å²) in [6, 6.07) is 3.40. The van der Waals surface area contributed by atoms with Crippen molar-refractivity contribution in [3.05, 3.63) is 35.1 Å². The van der Waals surface area contributed by atoms with Gasteiger partial charge in [0, 0.05) is 24.4 Å². The molecule has 0 aromatic heterocycles. The Balaban J connectivity index is 1.51. The predicted molar refractivity (Wildman–Crippen MR) is 113 cm³/mol. The van der Waals surface area contributed by atoms with Gasteiger partial charge in [0.2, 0.25) is 0 Å². The maximum absolute atomic E-state index is 12.7. The monoisotopic (exact) mass is 443 g/mol. The minimum absolute atomic E-state index is 0.0137. The highest BCUT2D eigenvalue weighted by Crippen LogP contribution is 2.65. The number of aliphatic hydroxyl groups is 1. The summed E-state index contributed by atoms with van der Waals surface area (Å²) in [7, 11) is 2.01. The summed E-state index contributed by atoms with van der Waals surface area (Å²) < 4.78 is 17.1. The van der Waals surface area contributed by atoms with Gasteiger partial charge in [-0.25, -0.2) is 4.79 Å². The molecular formula is C24H29NO7. The van der Waals surface area contributed by atoms with Gasteiger partial charge >= 0.3 is 11.9 Å². The number of rotatable bonds is 5. The van der Waals surface area contributed by atoms with Gasteiger partial charge in [-0.15, -0.1) is 0 Å². The Kier molecular flexibility index (Phi) is 4.80. The van der Waals surface area contributed by atoms with Crippen molar-refractivity contribution in [3.63, 3.8) is 0 Å². The molecule has 1 aromatic rings. The van der Waals surface area contributed by atoms with Crippen molar-refractivity contribution in [1.82, 2.24) is 4.90 Å². The van der Waals surface area contributed by atoms with Crippen molar-refractivity contribution in [3.8, 4) is 11.5 Å². The van der Waals surface area contributed by atoms with Crippen LogP contribution in [0.15, 0.2) is 24.0 Å². The highest BCUT2D eigenvalue weighted by atomic mass is 16.6. The maximum Gasteiger partial charge on any atom is 0.352 e. The molecule has 2 N–H and O–H groups in total. The number of hydrogen-bond donors (Lipinski definition) is 2. The third-order valence-electron chi connectivity index (χ3n) is 7.67. The second-order valence-corrected chi connectivity index (χ2v) is 9.41. The van der Waals surface area contributed by atoms with Crippen LogP contribution in [0.3, 0.4) is 0 Å². The van der Waals surface area contributed by atoms with Gasteiger partial charge in [-0.3, -0.25) is 4.79 Å². The number of hydrogen-bond acceptors (Lipinski definition) is 8. The number of esters is 2. The summed E-state index contributed by atoms with van der Waals surface area (Å²) >= 11 is 0. The van der Waals surface area contributed by atoms with E-state index in [1.54, 1.807) is 12.1 Å². The zero-order valence-corrected chi connectivity index (χ0v) is 18.6. The summed E-state index contributed by atoms with van der Waals surface area (Å²) in [5.74, 6) is -0.469. The summed E-state index contributed by atoms with van der Waals surface area (Å²) in [5, 5.41) is 22.6. The average molecular weight is 443 g/mol. The van der Waals surface area contributed by atoms with E-state index >= 15 is 0 Å². The Hall–Kier alpha value is -2.58. The highest BCUT2D eigenvalue weighted by Gasteiger charge is 2.72. The number of phenols is 1. The standard InChI is InChI=1S/C24H29NO7/c1-4-5-18(27)30-13(2)22(28)31-16-8-9-24(29)17-12-14-6-7-15(26)20-19(14)23(24,21(16)32-20)10-11-25(17)3/h6-8,13,17,21,26,29H,4-5,9-12H2,1-3H3/t13-,17+,21-,23-,24+/m0/s1. The second-order valence-electron chi connectivity index (χ2n) is 9.41. The molecule has 0 amide bonds. The smallest absolute Gasteiger partial charge is 0.352 e. The molecule has 1 saturated heterocycles. The summed E-state index contributed by atoms with van der Waals surface area (Å²) in [6.07, 6.45) is 2.31. The molecule has 0 saturated carbocycles. The van der Waals surface area contributed by atoms with Crippen LogP contribution in [0.2, 0.25) is 0 Å². The van der Waals surface area contributed by atoms with E-state index in [9.17, 15) is 19.8 Å². The first-order valence-electron chi connectivity index (χ1n) is 11.3. The van der Waals surface area contributed by atoms with Crippen molar-refractivity contribution < 1.29 is 34.0 Å². The van der Waals surface area contributed by atoms with E-state index in [1.165, 1.54) is 6.92 Å². The Morgan fingerprint density at radius 3 is 2.91 bits per heavy atom. The molecule has 32 heavy (non-hydrogen) atoms. The average Bonchev–Trinajstić information content (AvgIpc) is 3.10. The second kappa shape index (κ2) is 7.22. The first-order chi connectivity index (χ1) is 15.2. The molecule has 1 aromatic carbocycles. The number of phenolic OH excluding ortho intramolecular Hbond substituents is 1. The molecule has 1 fully saturated rings. The van der Waals surface area contributed by atoms with Gasteiger partial charge in [0.1, 0.15) is 5.76 Å². The van der Waals surface area contributed by atoms with Gasteiger partial charge in [0.25, 0.3) is 0 Å². The van der Waals surface area contributed by atoms with E-state index in [2.05, 4.69) is 4.90 Å². The predicted octanol–water partition coefficient (Wildman–Crippen LogP) is 1.94. The lowest BCUT2D eigenvalue weighted by Gasteiger charge is -2.61. The van der Waals surface area contributed by atoms with Gasteiger partial charge in [0.05, 0.1) is 11.0 Å². The fraction of sp³-hybridized carbons (Fsp3) is 0.583. The number of nitrogens with zero attached hydrogens (tertiary/aromatic N) is 1. The van der Waals surface area contributed by atoms with Crippen molar-refractivity contribution in [2.45, 2.75) is 75.2 Å². The van der Waals surface area contributed by atoms with Crippen LogP contribution in [0.25, 0.3) is 0 Å². The first-order valence-corrected chi connectivity index (χ1v) is 11.3. The van der Waals surface area contributed by atoms with Crippen LogP contribution in [0.4, 0.5) is 0 Å². The minimum Gasteiger partial charge on any atom is -0.504 e. The molecule has 0 unspecified atom stereocenters. The number of piperidine rings is 1. The van der Waals surface area contributed by atoms with Crippen molar-refractivity contribution in [2.75, 3.05) is 13.6 Å². The van der Waals surface area contributed by atoms with Gasteiger partial charge in [-0.1, -0.05) is 13.0 Å². The van der Waals surface area contributed by atoms with Crippen molar-refractivity contribution in [1.29, 1.82) is 0 Å². The molecule has 2 bridgehead atoms. The zero-order chi connectivity index (χ0) is 22.8. The molecule has 172 valence electrons. The fourth-order valence-electron chi connectivity index (χ4n) is 6.14. The SMILES string of the molecule is CCCC(=O)O[C@@H](C)C(=O)OC1=CC[C@@]2(O)[C@H]3Cc4ccc(O)c5c4[C@@]2(CCN3C)[C@H]1O5. The van der Waals surface area contributed by atoms with E-state index in [4.69, 9.17) is 14.2 Å². The molecule has 2 aliphatic carbocycles. The van der Waals surface area contributed by atoms with Crippen LogP contribution in [-0.4, -0.2) is 64.5 Å². The topological polar surface area (TPSA) is 106 Å². The van der Waals surface area contributed by atoms with Gasteiger partial charge in [0.15, 0.2) is 23.7 Å². The molecule has 5 atom stereocenters. The zero-order valence-electron chi connectivity index (χ0n) is 18.6. The van der Waals surface area contributed by atoms with Gasteiger partial charge in [-0.2, -0.15) is 0 Å². The Labute approximate surface area is 186 Å². The molecule has 8 heteroatoms. The number of likely N-dealkylation sites (tertiary alicyclic amines) is 1. The largest absolute Gasteiger partial charge is 0.504 e. The number of benzene rings is 1. The lowest BCUT2D eigenvalue weighted by Crippen LogP contribution is -2.74. The normalized spacial score (nSPS) is 32.9. The molecule has 0 radical (unpaired) electrons. The highest BCUT2D eigenvalue weighted by molar-refractivity contribution is 5.80. The van der Waals surface area contributed by atoms with Crippen molar-refractivity contribution >= 4 is 11.9 Å². The van der Waals surface area contributed by atoms with Crippen LogP contribution in [0.5, 0.6) is 11.5 Å². The minimum atomic E-state index is -1.12. The number of likely N-dealkylation sites (N-methyl/N-ethyl adjacent to an activating group) is 1. The first kappa shape index (κ1) is 21.3. The summed E-state index contributed by atoms with van der Waals surface area (Å²) in [4.78, 5) is 26.7. The summed E-state index contributed by atoms with van der Waals surface area (Å²) in [5.41, 5.74) is -0.0705. The molecule has 2 aliphatic heterocycles. The van der Waals surface area contributed by atoms with E-state index in [0.29, 0.717) is 37.2 Å². The number of carbonyl (C=O) groups is 2. The van der Waals surface area contributed by atoms with Crippen LogP contribution in [-0.2, 0) is 30.9 Å². The van der Waals surface area contributed by atoms with E-state index in [-0.39, 0.29) is 18.2 Å². The maximum atomic E-state index is 12.7. The van der Waals surface area contributed by atoms with Crippen LogP contribution in [0, 0.1) is 0 Å². The lowest BCUT2D eigenvalue weighted by molar-refractivity contribution is -0.175. The third kappa shape index (κ3) is 2.69. The molecule has 2 heterocycles. The number of carbonyl (C=O) groups excluding carboxylic acids is 2. The summed E-state index contributed by atoms with van der Waals surface area (Å²) in [6.45, 7) is 4.08. The van der Waals surface area contributed by atoms with E-state index < -0.39 is 35.2 Å². The molecular weight excluding hydrogens is 414 g/mol. The van der Waals surface area contributed by atoms with Gasteiger partial charge < -0.3 is 29.3 Å². The molecule has 5 rings (SSSR count).